The number of rotatable bonds is 45. The van der Waals surface area contributed by atoms with Crippen molar-refractivity contribution in [3.05, 3.63) is 102 Å². The zero-order chi connectivity index (χ0) is 82.2. The Hall–Kier alpha value is -11.2. The minimum atomic E-state index is -1.91. The molecule has 0 aromatic heterocycles. The van der Waals surface area contributed by atoms with Gasteiger partial charge in [-0.2, -0.15) is 12.6 Å². The Kier molecular flexibility index (Phi) is 37.2. The number of aromatic hydroxyl groups is 1. The molecule has 0 saturated carbocycles. The van der Waals surface area contributed by atoms with Crippen LogP contribution in [0.5, 0.6) is 5.75 Å². The molecule has 1 aliphatic rings. The highest BCUT2D eigenvalue weighted by atomic mass is 32.1. The predicted molar refractivity (Wildman–Crippen MR) is 397 cm³/mol. The number of aliphatic hydroxyl groups excluding tert-OH is 1. The summed E-state index contributed by atoms with van der Waals surface area (Å²) in [4.78, 5) is 231. The molecular formula is C73H102N14O22S. The monoisotopic (exact) mass is 1560 g/mol. The number of carboxylic acids is 3. The maximum atomic E-state index is 14.9. The zero-order valence-corrected chi connectivity index (χ0v) is 63.3. The average molecular weight is 1560 g/mol. The fraction of sp³-hybridized carbons (Fsp3) is 0.521. The third kappa shape index (κ3) is 30.8. The summed E-state index contributed by atoms with van der Waals surface area (Å²) in [5.41, 5.74) is 6.58. The molecule has 13 atom stereocenters. The van der Waals surface area contributed by atoms with Crippen LogP contribution in [0.1, 0.15) is 123 Å². The number of nitrogens with one attached hydrogen (secondary N) is 12. The number of hydrogen-bond acceptors (Lipinski definition) is 20. The second-order valence-electron chi connectivity index (χ2n) is 27.9. The van der Waals surface area contributed by atoms with Crippen LogP contribution in [0.2, 0.25) is 0 Å². The fourth-order valence-electron chi connectivity index (χ4n) is 11.6. The van der Waals surface area contributed by atoms with E-state index in [-0.39, 0.29) is 68.9 Å². The maximum Gasteiger partial charge on any atom is 0.305 e. The van der Waals surface area contributed by atoms with Crippen LogP contribution in [0.25, 0.3) is 0 Å². The number of phenolic OH excluding ortho intramolecular Hbond substituents is 1. The summed E-state index contributed by atoms with van der Waals surface area (Å²) in [6.45, 7) is 11.0. The van der Waals surface area contributed by atoms with Crippen molar-refractivity contribution in [3.8, 4) is 5.75 Å². The number of carbonyl (C=O) groups excluding carboxylic acids is 14. The Balaban J connectivity index is 1.61. The van der Waals surface area contributed by atoms with Crippen LogP contribution in [0.4, 0.5) is 0 Å². The highest BCUT2D eigenvalue weighted by Gasteiger charge is 2.42. The van der Waals surface area contributed by atoms with Gasteiger partial charge in [-0.3, -0.25) is 81.5 Å². The summed E-state index contributed by atoms with van der Waals surface area (Å²) in [6.07, 6.45) is -4.26. The maximum absolute atomic E-state index is 14.9. The van der Waals surface area contributed by atoms with Crippen molar-refractivity contribution in [1.82, 2.24) is 68.7 Å². The number of amides is 14. The first kappa shape index (κ1) is 91.1. The Morgan fingerprint density at radius 2 is 0.836 bits per heavy atom. The van der Waals surface area contributed by atoms with Gasteiger partial charge in [-0.15, -0.1) is 0 Å². The van der Waals surface area contributed by atoms with E-state index in [1.165, 1.54) is 31.2 Å². The Morgan fingerprint density at radius 3 is 1.25 bits per heavy atom. The zero-order valence-electron chi connectivity index (χ0n) is 62.4. The van der Waals surface area contributed by atoms with Crippen molar-refractivity contribution >= 4 is 113 Å². The van der Waals surface area contributed by atoms with Gasteiger partial charge in [0, 0.05) is 44.9 Å². The van der Waals surface area contributed by atoms with Gasteiger partial charge in [-0.05, 0) is 85.6 Å². The number of carboxylic acid groups (broad SMARTS) is 3. The molecule has 3 aromatic rings. The Labute approximate surface area is 640 Å². The number of phenols is 1. The number of hydrogen-bond donors (Lipinski definition) is 19. The third-order valence-corrected chi connectivity index (χ3v) is 17.7. The number of carbonyl (C=O) groups is 17. The predicted octanol–water partition coefficient (Wildman–Crippen LogP) is -2.76. The molecular weight excluding hydrogens is 1460 g/mol. The number of primary amides is 1. The number of nitrogens with zero attached hydrogens (tertiary/aromatic N) is 1. The number of benzene rings is 3. The summed E-state index contributed by atoms with van der Waals surface area (Å²) in [5.74, 6) is -20.1. The first-order valence-corrected chi connectivity index (χ1v) is 36.4. The molecule has 0 bridgehead atoms. The van der Waals surface area contributed by atoms with Crippen molar-refractivity contribution in [2.45, 2.75) is 205 Å². The Morgan fingerprint density at radius 1 is 0.455 bits per heavy atom. The van der Waals surface area contributed by atoms with Gasteiger partial charge in [-0.1, -0.05) is 114 Å². The molecule has 1 fully saturated rings. The number of nitrogens with two attached hydrogens (primary N) is 1. The largest absolute Gasteiger partial charge is 0.508 e. The molecule has 0 radical (unpaired) electrons. The molecule has 3 aromatic carbocycles. The number of aliphatic carboxylic acids is 3. The van der Waals surface area contributed by atoms with E-state index in [1.807, 2.05) is 0 Å². The lowest BCUT2D eigenvalue weighted by molar-refractivity contribution is -0.145. The van der Waals surface area contributed by atoms with Gasteiger partial charge in [0.05, 0.1) is 19.4 Å². The molecule has 4 rings (SSSR count). The SMILES string of the molecule is CC(=O)N[C@@H](CC(=O)O)C(=O)N[C@@H](CC(C)C)C(=O)N[C@H](C(=O)N[C@@H](Cc1ccc(O)cc1)C(=O)N[C@@H](Cc1ccccc1)C(=O)N[C@@H](CCC(=O)O)C(=O)N[C@@H](CC(C)C)C(=O)N[C@@H](CO)C(=O)N1CCC[C@H]1C(=O)N[C@@H](CC(=O)O)C(=O)N[C@@H](Cc1ccccc1)C(=O)N[C@@H](CS)C(=O)N[C@@H](C)C(N)=O)C(C)C. The van der Waals surface area contributed by atoms with E-state index in [1.54, 1.807) is 102 Å². The van der Waals surface area contributed by atoms with Gasteiger partial charge in [-0.25, -0.2) is 0 Å². The van der Waals surface area contributed by atoms with E-state index < -0.39 is 223 Å². The molecule has 19 N–H and O–H groups in total. The molecule has 37 heteroatoms. The van der Waals surface area contributed by atoms with Crippen LogP contribution < -0.4 is 69.5 Å². The smallest absolute Gasteiger partial charge is 0.305 e. The van der Waals surface area contributed by atoms with Crippen molar-refractivity contribution in [2.24, 2.45) is 23.5 Å². The standard InChI is InChI=1S/C73H102N14O22S/c1-37(2)28-47(63(99)84-54(35-88)73(109)87-27-15-20-56(87)71(107)82-53(34-59(95)96)68(104)81-50(31-43-18-13-10-14-19-43)66(102)85-55(36-110)70(106)75-40(7)61(74)97)78-62(98)46(25-26-57(91)92)77-64(100)49(30-42-16-11-9-12-17-42)80-65(101)51(32-44-21-23-45(90)24-22-44)83-72(108)60(39(5)6)86-69(105)48(29-38(3)4)79-67(103)52(33-58(93)94)76-41(8)89/h9-14,16-19,21-24,37-40,46-56,60,88,90,110H,15,20,25-36H2,1-8H3,(H2,74,97)(H,75,106)(H,76,89)(H,77,100)(H,78,98)(H,79,103)(H,80,101)(H,81,104)(H,82,107)(H,83,108)(H,84,99)(H,85,102)(H,86,105)(H,91,92)(H,93,94)(H,95,96)/t40-,46-,47-,48-,49-,50-,51-,52-,53-,54-,55-,56-,60-/m0/s1. The van der Waals surface area contributed by atoms with Gasteiger partial charge in [0.25, 0.3) is 0 Å². The number of thiol groups is 1. The summed E-state index contributed by atoms with van der Waals surface area (Å²) < 4.78 is 0. The topological polar surface area (TPSA) is 565 Å². The van der Waals surface area contributed by atoms with Gasteiger partial charge in [0.1, 0.15) is 84.3 Å². The van der Waals surface area contributed by atoms with E-state index >= 15 is 0 Å². The molecule has 110 heavy (non-hydrogen) atoms. The van der Waals surface area contributed by atoms with Crippen LogP contribution in [0.3, 0.4) is 0 Å². The minimum Gasteiger partial charge on any atom is -0.508 e. The van der Waals surface area contributed by atoms with Crippen LogP contribution in [-0.2, 0) is 101 Å². The second kappa shape index (κ2) is 44.9. The minimum absolute atomic E-state index is 0.0261. The van der Waals surface area contributed by atoms with E-state index in [2.05, 4.69) is 76.4 Å². The first-order valence-electron chi connectivity index (χ1n) is 35.7. The summed E-state index contributed by atoms with van der Waals surface area (Å²) >= 11 is 4.14. The Bertz CT molecular complexity index is 3720. The summed E-state index contributed by atoms with van der Waals surface area (Å²) in [5, 5.41) is 79.7. The molecule has 1 saturated heterocycles. The van der Waals surface area contributed by atoms with Crippen LogP contribution in [0, 0.1) is 17.8 Å². The molecule has 0 spiro atoms. The first-order chi connectivity index (χ1) is 51.8. The van der Waals surface area contributed by atoms with Crippen LogP contribution in [-0.4, -0.2) is 228 Å². The van der Waals surface area contributed by atoms with Crippen LogP contribution in [0.15, 0.2) is 84.9 Å². The van der Waals surface area contributed by atoms with E-state index in [9.17, 15) is 107 Å². The van der Waals surface area contributed by atoms with E-state index in [4.69, 9.17) is 5.73 Å². The van der Waals surface area contributed by atoms with Gasteiger partial charge in [0.2, 0.25) is 82.7 Å². The van der Waals surface area contributed by atoms with Crippen molar-refractivity contribution in [3.63, 3.8) is 0 Å². The highest BCUT2D eigenvalue weighted by molar-refractivity contribution is 7.80. The van der Waals surface area contributed by atoms with E-state index in [0.717, 1.165) is 11.8 Å². The molecule has 0 aliphatic carbocycles. The molecule has 14 amide bonds. The van der Waals surface area contributed by atoms with Crippen molar-refractivity contribution in [1.29, 1.82) is 0 Å². The van der Waals surface area contributed by atoms with Gasteiger partial charge >= 0.3 is 17.9 Å². The molecule has 0 unspecified atom stereocenters. The molecule has 602 valence electrons. The quantitative estimate of drug-likeness (QED) is 0.0255. The second-order valence-corrected chi connectivity index (χ2v) is 28.2. The lowest BCUT2D eigenvalue weighted by atomic mass is 9.98. The number of aliphatic hydroxyl groups is 1. The van der Waals surface area contributed by atoms with Gasteiger partial charge in [0.15, 0.2) is 0 Å². The van der Waals surface area contributed by atoms with Crippen LogP contribution >= 0.6 is 12.6 Å². The molecule has 1 heterocycles. The molecule has 1 aliphatic heterocycles. The van der Waals surface area contributed by atoms with E-state index in [0.29, 0.717) is 16.7 Å². The lowest BCUT2D eigenvalue weighted by Crippen LogP contribution is -2.62. The summed E-state index contributed by atoms with van der Waals surface area (Å²) in [6, 6.07) is 1.48. The lowest BCUT2D eigenvalue weighted by Gasteiger charge is -2.31. The molecule has 36 nitrogen and oxygen atoms in total. The highest BCUT2D eigenvalue weighted by Crippen LogP contribution is 2.21. The number of likely N-dealkylation sites (tertiary alicyclic amines) is 1. The summed E-state index contributed by atoms with van der Waals surface area (Å²) in [7, 11) is 0. The van der Waals surface area contributed by atoms with Gasteiger partial charge < -0.3 is 100.0 Å². The van der Waals surface area contributed by atoms with Crippen molar-refractivity contribution in [2.75, 3.05) is 18.9 Å². The normalized spacial score (nSPS) is 15.8. The fourth-order valence-corrected chi connectivity index (χ4v) is 11.9. The third-order valence-electron chi connectivity index (χ3n) is 17.4. The average Bonchev–Trinajstić information content (AvgIpc) is 1.59. The van der Waals surface area contributed by atoms with Crippen molar-refractivity contribution < 1.29 is 107 Å².